The molecule has 2 rings (SSSR count). The molecule has 1 aromatic carbocycles. The molecule has 1 heterocycles. The van der Waals surface area contributed by atoms with Crippen LogP contribution in [0.2, 0.25) is 0 Å². The minimum Gasteiger partial charge on any atom is -0.483 e. The van der Waals surface area contributed by atoms with Gasteiger partial charge in [-0.3, -0.25) is 0 Å². The molecule has 0 aliphatic heterocycles. The van der Waals surface area contributed by atoms with Gasteiger partial charge in [0.1, 0.15) is 5.75 Å². The van der Waals surface area contributed by atoms with Gasteiger partial charge < -0.3 is 14.6 Å². The third kappa shape index (κ3) is 4.04. The average Bonchev–Trinajstić information content (AvgIpc) is 2.95. The first-order chi connectivity index (χ1) is 10.1. The molecule has 0 bridgehead atoms. The Balaban J connectivity index is 2.05. The topological polar surface area (TPSA) is 60.2 Å². The quantitative estimate of drug-likeness (QED) is 0.846. The molecule has 0 saturated heterocycles. The highest BCUT2D eigenvalue weighted by Gasteiger charge is 2.13. The van der Waals surface area contributed by atoms with Gasteiger partial charge in [-0.25, -0.2) is 0 Å². The molecule has 5 heteroatoms. The summed E-state index contributed by atoms with van der Waals surface area (Å²) < 4.78 is 11.0. The fourth-order valence-electron chi connectivity index (χ4n) is 2.09. The highest BCUT2D eigenvalue weighted by Crippen LogP contribution is 2.25. The van der Waals surface area contributed by atoms with Crippen LogP contribution in [-0.4, -0.2) is 16.7 Å². The maximum Gasteiger partial charge on any atom is 0.264 e. The molecule has 1 aromatic heterocycles. The van der Waals surface area contributed by atoms with Gasteiger partial charge in [0.25, 0.3) is 5.89 Å². The molecule has 0 saturated carbocycles. The smallest absolute Gasteiger partial charge is 0.264 e. The lowest BCUT2D eigenvalue weighted by atomic mass is 10.1. The molecule has 0 spiro atoms. The Morgan fingerprint density at radius 3 is 2.67 bits per heavy atom. The van der Waals surface area contributed by atoms with Crippen LogP contribution in [0.3, 0.4) is 0 Å². The minimum atomic E-state index is 0.236. The van der Waals surface area contributed by atoms with E-state index < -0.39 is 0 Å². The molecule has 1 unspecified atom stereocenters. The lowest BCUT2D eigenvalue weighted by molar-refractivity contribution is 0.239. The van der Waals surface area contributed by atoms with Gasteiger partial charge in [-0.05, 0) is 19.5 Å². The number of hydrogen-bond donors (Lipinski definition) is 1. The summed E-state index contributed by atoms with van der Waals surface area (Å²) in [5.41, 5.74) is 1.13. The number of rotatable bonds is 7. The lowest BCUT2D eigenvalue weighted by Crippen LogP contribution is -2.18. The number of ether oxygens (including phenoxy) is 1. The number of nitrogens with one attached hydrogen (secondary N) is 1. The zero-order valence-corrected chi connectivity index (χ0v) is 13.1. The van der Waals surface area contributed by atoms with Crippen molar-refractivity contribution < 1.29 is 9.26 Å². The first kappa shape index (κ1) is 15.5. The molecule has 0 aliphatic carbocycles. The molecule has 114 valence electrons. The van der Waals surface area contributed by atoms with Crippen molar-refractivity contribution in [1.29, 1.82) is 0 Å². The lowest BCUT2D eigenvalue weighted by Gasteiger charge is -2.16. The molecular weight excluding hydrogens is 266 g/mol. The summed E-state index contributed by atoms with van der Waals surface area (Å²) in [7, 11) is 0. The first-order valence-corrected chi connectivity index (χ1v) is 7.39. The Labute approximate surface area is 125 Å². The number of aromatic nitrogens is 2. The number of benzene rings is 1. The van der Waals surface area contributed by atoms with Gasteiger partial charge in [-0.15, -0.1) is 0 Å². The predicted octanol–water partition coefficient (Wildman–Crippen LogP) is 3.44. The van der Waals surface area contributed by atoms with Crippen LogP contribution in [0.5, 0.6) is 5.75 Å². The van der Waals surface area contributed by atoms with Crippen molar-refractivity contribution in [3.05, 3.63) is 41.5 Å². The molecule has 0 aliphatic rings. The van der Waals surface area contributed by atoms with Gasteiger partial charge in [0.2, 0.25) is 0 Å². The number of nitrogens with zero attached hydrogens (tertiary/aromatic N) is 2. The summed E-state index contributed by atoms with van der Waals surface area (Å²) in [6.07, 6.45) is 0. The number of para-hydroxylation sites is 1. The summed E-state index contributed by atoms with van der Waals surface area (Å²) in [5.74, 6) is 2.31. The molecule has 1 N–H and O–H groups in total. The van der Waals surface area contributed by atoms with E-state index in [-0.39, 0.29) is 18.6 Å². The fourth-order valence-corrected chi connectivity index (χ4v) is 2.09. The van der Waals surface area contributed by atoms with E-state index in [0.29, 0.717) is 11.7 Å². The van der Waals surface area contributed by atoms with Crippen molar-refractivity contribution in [2.24, 2.45) is 0 Å². The largest absolute Gasteiger partial charge is 0.483 e. The Morgan fingerprint density at radius 1 is 1.24 bits per heavy atom. The van der Waals surface area contributed by atoms with E-state index in [2.05, 4.69) is 35.4 Å². The predicted molar refractivity (Wildman–Crippen MR) is 81.3 cm³/mol. The SMILES string of the molecule is CCNC(C)c1ccccc1OCc1nc(C(C)C)no1. The summed E-state index contributed by atoms with van der Waals surface area (Å²) >= 11 is 0. The normalized spacial score (nSPS) is 12.6. The van der Waals surface area contributed by atoms with E-state index in [1.54, 1.807) is 0 Å². The van der Waals surface area contributed by atoms with E-state index in [9.17, 15) is 0 Å². The second kappa shape index (κ2) is 7.22. The molecular formula is C16H23N3O2. The Hall–Kier alpha value is -1.88. The summed E-state index contributed by atoms with van der Waals surface area (Å²) in [6, 6.07) is 8.24. The van der Waals surface area contributed by atoms with E-state index in [1.165, 1.54) is 0 Å². The van der Waals surface area contributed by atoms with Gasteiger partial charge in [0.15, 0.2) is 12.4 Å². The molecule has 2 aromatic rings. The second-order valence-electron chi connectivity index (χ2n) is 5.31. The summed E-state index contributed by atoms with van der Waals surface area (Å²) in [4.78, 5) is 4.32. The molecule has 5 nitrogen and oxygen atoms in total. The van der Waals surface area contributed by atoms with Crippen molar-refractivity contribution in [3.8, 4) is 5.75 Å². The minimum absolute atomic E-state index is 0.236. The van der Waals surface area contributed by atoms with Crippen LogP contribution >= 0.6 is 0 Å². The van der Waals surface area contributed by atoms with Gasteiger partial charge in [-0.2, -0.15) is 4.98 Å². The second-order valence-corrected chi connectivity index (χ2v) is 5.31. The molecule has 21 heavy (non-hydrogen) atoms. The summed E-state index contributed by atoms with van der Waals surface area (Å²) in [6.45, 7) is 9.47. The Bertz CT molecular complexity index is 566. The molecule has 0 fully saturated rings. The van der Waals surface area contributed by atoms with Crippen LogP contribution in [0.1, 0.15) is 56.9 Å². The third-order valence-corrected chi connectivity index (χ3v) is 3.25. The van der Waals surface area contributed by atoms with Crippen molar-refractivity contribution in [2.45, 2.75) is 46.3 Å². The zero-order valence-electron chi connectivity index (χ0n) is 13.1. The van der Waals surface area contributed by atoms with Crippen LogP contribution in [0.15, 0.2) is 28.8 Å². The van der Waals surface area contributed by atoms with Crippen LogP contribution < -0.4 is 10.1 Å². The van der Waals surface area contributed by atoms with Crippen molar-refractivity contribution >= 4 is 0 Å². The van der Waals surface area contributed by atoms with Gasteiger partial charge in [-0.1, -0.05) is 44.1 Å². The molecule has 0 amide bonds. The van der Waals surface area contributed by atoms with Gasteiger partial charge in [0, 0.05) is 17.5 Å². The monoisotopic (exact) mass is 289 g/mol. The van der Waals surface area contributed by atoms with E-state index in [4.69, 9.17) is 9.26 Å². The van der Waals surface area contributed by atoms with Gasteiger partial charge >= 0.3 is 0 Å². The van der Waals surface area contributed by atoms with Crippen LogP contribution in [0.25, 0.3) is 0 Å². The van der Waals surface area contributed by atoms with Gasteiger partial charge in [0.05, 0.1) is 0 Å². The standard InChI is InChI=1S/C16H23N3O2/c1-5-17-12(4)13-8-6-7-9-14(13)20-10-15-18-16(11(2)3)19-21-15/h6-9,11-12,17H,5,10H2,1-4H3. The van der Waals surface area contributed by atoms with Crippen LogP contribution in [0, 0.1) is 0 Å². The molecule has 1 atom stereocenters. The van der Waals surface area contributed by atoms with Crippen LogP contribution in [-0.2, 0) is 6.61 Å². The van der Waals surface area contributed by atoms with E-state index >= 15 is 0 Å². The zero-order chi connectivity index (χ0) is 15.2. The van der Waals surface area contributed by atoms with Crippen molar-refractivity contribution in [1.82, 2.24) is 15.5 Å². The highest BCUT2D eigenvalue weighted by molar-refractivity contribution is 5.35. The van der Waals surface area contributed by atoms with Crippen molar-refractivity contribution in [2.75, 3.05) is 6.54 Å². The maximum atomic E-state index is 5.85. The Morgan fingerprint density at radius 2 is 2.00 bits per heavy atom. The van der Waals surface area contributed by atoms with Crippen molar-refractivity contribution in [3.63, 3.8) is 0 Å². The van der Waals surface area contributed by atoms with E-state index in [0.717, 1.165) is 17.9 Å². The fraction of sp³-hybridized carbons (Fsp3) is 0.500. The maximum absolute atomic E-state index is 5.85. The van der Waals surface area contributed by atoms with E-state index in [1.807, 2.05) is 32.0 Å². The average molecular weight is 289 g/mol. The number of hydrogen-bond acceptors (Lipinski definition) is 5. The highest BCUT2D eigenvalue weighted by atomic mass is 16.5. The Kier molecular flexibility index (Phi) is 5.33. The first-order valence-electron chi connectivity index (χ1n) is 7.39. The van der Waals surface area contributed by atoms with Crippen LogP contribution in [0.4, 0.5) is 0 Å². The third-order valence-electron chi connectivity index (χ3n) is 3.25. The summed E-state index contributed by atoms with van der Waals surface area (Å²) in [5, 5.41) is 7.32. The molecule has 0 radical (unpaired) electrons.